The maximum Gasteiger partial charge on any atom is 0.322 e. The molecule has 36 heavy (non-hydrogen) atoms. The minimum atomic E-state index is -1.01. The van der Waals surface area contributed by atoms with E-state index in [0.29, 0.717) is 37.4 Å². The molecule has 4 atom stereocenters. The van der Waals surface area contributed by atoms with Crippen molar-refractivity contribution in [3.8, 4) is 6.07 Å². The van der Waals surface area contributed by atoms with Crippen LogP contribution in [0, 0.1) is 28.9 Å². The highest BCUT2D eigenvalue weighted by Crippen LogP contribution is 2.62. The van der Waals surface area contributed by atoms with Crippen molar-refractivity contribution in [2.24, 2.45) is 5.92 Å². The molecule has 5 rings (SSSR count). The third-order valence-corrected chi connectivity index (χ3v) is 8.24. The minimum Gasteiger partial charge on any atom is -0.321 e. The normalized spacial score (nSPS) is 27.2. The van der Waals surface area contributed by atoms with Gasteiger partial charge in [-0.25, -0.2) is 18.0 Å². The van der Waals surface area contributed by atoms with Gasteiger partial charge in [-0.15, -0.1) is 0 Å². The summed E-state index contributed by atoms with van der Waals surface area (Å²) in [5.74, 6) is -1.52. The molecular formula is C28H31F3N4O. The van der Waals surface area contributed by atoms with Gasteiger partial charge in [0.15, 0.2) is 11.6 Å². The Morgan fingerprint density at radius 1 is 1.19 bits per heavy atom. The van der Waals surface area contributed by atoms with E-state index in [1.54, 1.807) is 0 Å². The van der Waals surface area contributed by atoms with Gasteiger partial charge in [0, 0.05) is 37.4 Å². The molecule has 0 spiro atoms. The van der Waals surface area contributed by atoms with E-state index in [1.807, 2.05) is 23.1 Å². The average Bonchev–Trinajstić information content (AvgIpc) is 3.48. The summed E-state index contributed by atoms with van der Waals surface area (Å²) >= 11 is 0. The predicted octanol–water partition coefficient (Wildman–Crippen LogP) is 5.61. The highest BCUT2D eigenvalue weighted by atomic mass is 19.2. The standard InChI is InChI=1S/C28H31F3N4O/c29-22-8-12-34(18-22)10-2-11-35(27(36)33-23-5-6-25(30)26(31)15-23)24-7-9-28(16-21(28)14-24)20-4-1-3-19(13-20)17-32/h1,3-6,13,15,21-22,24H,2,7-12,14,16,18H2,(H,33,36)/t21?,22-,24+,28+/m0/s1. The molecule has 2 aromatic rings. The molecule has 2 saturated carbocycles. The molecule has 3 fully saturated rings. The van der Waals surface area contributed by atoms with E-state index in [0.717, 1.165) is 50.9 Å². The molecular weight excluding hydrogens is 465 g/mol. The molecule has 0 radical (unpaired) electrons. The summed E-state index contributed by atoms with van der Waals surface area (Å²) < 4.78 is 40.6. The van der Waals surface area contributed by atoms with Gasteiger partial charge < -0.3 is 15.1 Å². The first kappa shape index (κ1) is 24.6. The summed E-state index contributed by atoms with van der Waals surface area (Å²) in [6.45, 7) is 2.41. The molecule has 1 aliphatic heterocycles. The van der Waals surface area contributed by atoms with Crippen LogP contribution in [-0.4, -0.2) is 54.2 Å². The predicted molar refractivity (Wildman–Crippen MR) is 131 cm³/mol. The third kappa shape index (κ3) is 5.08. The Balaban J connectivity index is 1.27. The lowest BCUT2D eigenvalue weighted by Crippen LogP contribution is -2.46. The second-order valence-corrected chi connectivity index (χ2v) is 10.5. The van der Waals surface area contributed by atoms with Crippen LogP contribution >= 0.6 is 0 Å². The molecule has 1 saturated heterocycles. The summed E-state index contributed by atoms with van der Waals surface area (Å²) in [5.41, 5.74) is 2.17. The van der Waals surface area contributed by atoms with E-state index in [2.05, 4.69) is 22.4 Å². The summed E-state index contributed by atoms with van der Waals surface area (Å²) in [5, 5.41) is 12.0. The van der Waals surface area contributed by atoms with E-state index in [-0.39, 0.29) is 23.2 Å². The summed E-state index contributed by atoms with van der Waals surface area (Å²) in [4.78, 5) is 17.2. The minimum absolute atomic E-state index is 0.0302. The van der Waals surface area contributed by atoms with Crippen molar-refractivity contribution < 1.29 is 18.0 Å². The number of amides is 2. The van der Waals surface area contributed by atoms with Crippen molar-refractivity contribution in [2.45, 2.75) is 56.2 Å². The molecule has 1 unspecified atom stereocenters. The van der Waals surface area contributed by atoms with Crippen LogP contribution < -0.4 is 5.32 Å². The van der Waals surface area contributed by atoms with Crippen LogP contribution in [0.1, 0.15) is 49.7 Å². The van der Waals surface area contributed by atoms with Gasteiger partial charge in [-0.05, 0) is 86.2 Å². The molecule has 2 aromatic carbocycles. The number of halogens is 3. The zero-order valence-corrected chi connectivity index (χ0v) is 20.2. The maximum atomic E-state index is 13.7. The van der Waals surface area contributed by atoms with Crippen molar-refractivity contribution in [1.29, 1.82) is 5.26 Å². The quantitative estimate of drug-likeness (QED) is 0.542. The third-order valence-electron chi connectivity index (χ3n) is 8.24. The number of hydrogen-bond donors (Lipinski definition) is 1. The number of carbonyl (C=O) groups excluding carboxylic acids is 1. The molecule has 3 aliphatic rings. The zero-order chi connectivity index (χ0) is 25.3. The van der Waals surface area contributed by atoms with Crippen LogP contribution in [0.4, 0.5) is 23.7 Å². The van der Waals surface area contributed by atoms with E-state index in [9.17, 15) is 23.2 Å². The van der Waals surface area contributed by atoms with Crippen LogP contribution in [0.3, 0.4) is 0 Å². The van der Waals surface area contributed by atoms with Crippen molar-refractivity contribution in [2.75, 3.05) is 31.5 Å². The summed E-state index contributed by atoms with van der Waals surface area (Å²) in [7, 11) is 0. The molecule has 190 valence electrons. The Bertz CT molecular complexity index is 1170. The average molecular weight is 497 g/mol. The number of rotatable bonds is 7. The van der Waals surface area contributed by atoms with Gasteiger partial charge in [-0.3, -0.25) is 0 Å². The fourth-order valence-corrected chi connectivity index (χ4v) is 6.22. The van der Waals surface area contributed by atoms with E-state index in [1.165, 1.54) is 11.6 Å². The van der Waals surface area contributed by atoms with Crippen LogP contribution in [-0.2, 0) is 5.41 Å². The first-order valence-electron chi connectivity index (χ1n) is 12.8. The highest BCUT2D eigenvalue weighted by Gasteiger charge is 2.58. The lowest BCUT2D eigenvalue weighted by atomic mass is 9.80. The smallest absolute Gasteiger partial charge is 0.321 e. The Morgan fingerprint density at radius 3 is 2.78 bits per heavy atom. The van der Waals surface area contributed by atoms with E-state index < -0.39 is 17.8 Å². The second-order valence-electron chi connectivity index (χ2n) is 10.5. The van der Waals surface area contributed by atoms with Crippen LogP contribution in [0.5, 0.6) is 0 Å². The Labute approximate surface area is 209 Å². The number of nitriles is 1. The van der Waals surface area contributed by atoms with Gasteiger partial charge in [-0.2, -0.15) is 5.26 Å². The number of likely N-dealkylation sites (tertiary alicyclic amines) is 1. The number of nitrogens with one attached hydrogen (secondary N) is 1. The number of carbonyl (C=O) groups is 1. The molecule has 1 N–H and O–H groups in total. The SMILES string of the molecule is N#Cc1cccc([C@]23CC[C@@H](N(CCCN4CC[C@H](F)C4)C(=O)Nc4ccc(F)c(F)c4)CC2C3)c1. The van der Waals surface area contributed by atoms with Crippen LogP contribution in [0.25, 0.3) is 0 Å². The Kier molecular flexibility index (Phi) is 6.94. The molecule has 0 aromatic heterocycles. The number of urea groups is 1. The largest absolute Gasteiger partial charge is 0.322 e. The first-order valence-corrected chi connectivity index (χ1v) is 12.8. The van der Waals surface area contributed by atoms with Crippen LogP contribution in [0.15, 0.2) is 42.5 Å². The Hall–Kier alpha value is -3.05. The van der Waals surface area contributed by atoms with Gasteiger partial charge in [0.25, 0.3) is 0 Å². The van der Waals surface area contributed by atoms with Gasteiger partial charge in [0.1, 0.15) is 6.17 Å². The van der Waals surface area contributed by atoms with Gasteiger partial charge in [-0.1, -0.05) is 12.1 Å². The van der Waals surface area contributed by atoms with Gasteiger partial charge in [0.2, 0.25) is 0 Å². The topological polar surface area (TPSA) is 59.4 Å². The fraction of sp³-hybridized carbons (Fsp3) is 0.500. The first-order chi connectivity index (χ1) is 17.4. The number of hydrogen-bond acceptors (Lipinski definition) is 3. The monoisotopic (exact) mass is 496 g/mol. The van der Waals surface area contributed by atoms with Crippen molar-refractivity contribution in [3.63, 3.8) is 0 Å². The molecule has 2 amide bonds. The molecule has 0 bridgehead atoms. The lowest BCUT2D eigenvalue weighted by molar-refractivity contribution is 0.155. The van der Waals surface area contributed by atoms with Gasteiger partial charge >= 0.3 is 6.03 Å². The Morgan fingerprint density at radius 2 is 2.06 bits per heavy atom. The van der Waals surface area contributed by atoms with Crippen molar-refractivity contribution >= 4 is 11.7 Å². The van der Waals surface area contributed by atoms with Crippen molar-refractivity contribution in [1.82, 2.24) is 9.80 Å². The fourth-order valence-electron chi connectivity index (χ4n) is 6.22. The second kappa shape index (κ2) is 10.1. The summed E-state index contributed by atoms with van der Waals surface area (Å²) in [6, 6.07) is 13.1. The number of benzene rings is 2. The molecule has 8 heteroatoms. The maximum absolute atomic E-state index is 13.7. The van der Waals surface area contributed by atoms with Crippen LogP contribution in [0.2, 0.25) is 0 Å². The van der Waals surface area contributed by atoms with E-state index >= 15 is 0 Å². The highest BCUT2D eigenvalue weighted by molar-refractivity contribution is 5.89. The van der Waals surface area contributed by atoms with Gasteiger partial charge in [0.05, 0.1) is 11.6 Å². The molecule has 1 heterocycles. The number of anilines is 1. The lowest BCUT2D eigenvalue weighted by Gasteiger charge is -2.37. The number of alkyl halides is 1. The van der Waals surface area contributed by atoms with E-state index in [4.69, 9.17) is 0 Å². The number of nitrogens with zero attached hydrogens (tertiary/aromatic N) is 3. The zero-order valence-electron chi connectivity index (χ0n) is 20.2. The molecule has 5 nitrogen and oxygen atoms in total. The number of fused-ring (bicyclic) bond motifs is 1. The van der Waals surface area contributed by atoms with Crippen molar-refractivity contribution in [3.05, 3.63) is 65.2 Å². The summed E-state index contributed by atoms with van der Waals surface area (Å²) in [6.07, 6.45) is 4.16. The molecule has 2 aliphatic carbocycles.